The summed E-state index contributed by atoms with van der Waals surface area (Å²) < 4.78 is 1.57. The van der Waals surface area contributed by atoms with Crippen LogP contribution in [0.5, 0.6) is 5.75 Å². The molecule has 1 amide bonds. The molecule has 6 nitrogen and oxygen atoms in total. The number of nitrogens with one attached hydrogen (secondary N) is 1. The fourth-order valence-corrected chi connectivity index (χ4v) is 1.47. The lowest BCUT2D eigenvalue weighted by Gasteiger charge is -2.04. The predicted octanol–water partition coefficient (Wildman–Crippen LogP) is 1.08. The van der Waals surface area contributed by atoms with E-state index in [1.54, 1.807) is 17.8 Å². The Morgan fingerprint density at radius 3 is 2.76 bits per heavy atom. The van der Waals surface area contributed by atoms with Crippen molar-refractivity contribution in [2.24, 2.45) is 7.05 Å². The molecule has 2 N–H and O–H groups in total. The van der Waals surface area contributed by atoms with Crippen LogP contribution in [0.4, 0.5) is 5.82 Å². The van der Waals surface area contributed by atoms with E-state index in [1.165, 1.54) is 18.5 Å². The second-order valence-electron chi connectivity index (χ2n) is 3.68. The van der Waals surface area contributed by atoms with Gasteiger partial charge in [0.2, 0.25) is 0 Å². The molecule has 0 aliphatic carbocycles. The van der Waals surface area contributed by atoms with Crippen LogP contribution in [0.2, 0.25) is 0 Å². The van der Waals surface area contributed by atoms with Gasteiger partial charge in [0, 0.05) is 19.3 Å². The summed E-state index contributed by atoms with van der Waals surface area (Å²) in [4.78, 5) is 15.6. The molecular formula is C11H12N4O2. The number of carbonyl (C=O) groups is 1. The molecule has 0 saturated heterocycles. The van der Waals surface area contributed by atoms with Gasteiger partial charge < -0.3 is 10.4 Å². The van der Waals surface area contributed by atoms with Crippen LogP contribution in [-0.2, 0) is 7.05 Å². The van der Waals surface area contributed by atoms with E-state index in [0.29, 0.717) is 11.4 Å². The minimum atomic E-state index is -0.337. The van der Waals surface area contributed by atoms with Gasteiger partial charge in [-0.15, -0.1) is 0 Å². The number of amides is 1. The van der Waals surface area contributed by atoms with Gasteiger partial charge in [-0.3, -0.25) is 14.5 Å². The highest BCUT2D eigenvalue weighted by atomic mass is 16.3. The van der Waals surface area contributed by atoms with E-state index in [4.69, 9.17) is 0 Å². The molecule has 88 valence electrons. The molecule has 2 rings (SSSR count). The number of rotatable bonds is 2. The molecule has 2 heterocycles. The van der Waals surface area contributed by atoms with E-state index in [2.05, 4.69) is 15.4 Å². The Bertz CT molecular complexity index is 562. The molecule has 0 unspecified atom stereocenters. The molecule has 0 saturated carbocycles. The highest BCUT2D eigenvalue weighted by Crippen LogP contribution is 2.12. The van der Waals surface area contributed by atoms with Crippen molar-refractivity contribution in [2.75, 3.05) is 5.32 Å². The number of aryl methyl sites for hydroxylation is 2. The van der Waals surface area contributed by atoms with Gasteiger partial charge >= 0.3 is 0 Å². The number of pyridine rings is 1. The van der Waals surface area contributed by atoms with E-state index >= 15 is 0 Å². The Balaban J connectivity index is 2.20. The van der Waals surface area contributed by atoms with Crippen molar-refractivity contribution in [3.05, 3.63) is 35.8 Å². The lowest BCUT2D eigenvalue weighted by atomic mass is 10.2. The molecule has 0 atom stereocenters. The molecule has 6 heteroatoms. The van der Waals surface area contributed by atoms with Gasteiger partial charge in [-0.2, -0.15) is 5.10 Å². The SMILES string of the molecule is Cc1cc(NC(=O)c2cncc(O)c2)n(C)n1. The number of hydrogen-bond donors (Lipinski definition) is 2. The lowest BCUT2D eigenvalue weighted by molar-refractivity contribution is 0.102. The summed E-state index contributed by atoms with van der Waals surface area (Å²) >= 11 is 0. The number of aromatic nitrogens is 3. The van der Waals surface area contributed by atoms with Gasteiger partial charge in [0.15, 0.2) is 0 Å². The van der Waals surface area contributed by atoms with E-state index < -0.39 is 0 Å². The van der Waals surface area contributed by atoms with Gasteiger partial charge in [0.05, 0.1) is 17.5 Å². The Hall–Kier alpha value is -2.37. The zero-order chi connectivity index (χ0) is 12.4. The van der Waals surface area contributed by atoms with Gasteiger partial charge in [-0.25, -0.2) is 0 Å². The standard InChI is InChI=1S/C11H12N4O2/c1-7-3-10(15(2)14-7)13-11(17)8-4-9(16)6-12-5-8/h3-6,16H,1-2H3,(H,13,17). The number of hydrogen-bond acceptors (Lipinski definition) is 4. The third-order valence-corrected chi connectivity index (χ3v) is 2.23. The maximum Gasteiger partial charge on any atom is 0.258 e. The van der Waals surface area contributed by atoms with Crippen molar-refractivity contribution in [1.82, 2.24) is 14.8 Å². The van der Waals surface area contributed by atoms with Crippen molar-refractivity contribution in [2.45, 2.75) is 6.92 Å². The smallest absolute Gasteiger partial charge is 0.258 e. The van der Waals surface area contributed by atoms with Crippen molar-refractivity contribution >= 4 is 11.7 Å². The van der Waals surface area contributed by atoms with E-state index in [9.17, 15) is 9.90 Å². The van der Waals surface area contributed by atoms with Crippen LogP contribution in [-0.4, -0.2) is 25.8 Å². The summed E-state index contributed by atoms with van der Waals surface area (Å²) in [5.74, 6) is 0.214. The second kappa shape index (κ2) is 4.25. The molecule has 0 fully saturated rings. The molecule has 0 bridgehead atoms. The normalized spacial score (nSPS) is 10.2. The zero-order valence-electron chi connectivity index (χ0n) is 9.51. The topological polar surface area (TPSA) is 80.0 Å². The summed E-state index contributed by atoms with van der Waals surface area (Å²) in [6.07, 6.45) is 2.66. The first-order valence-corrected chi connectivity index (χ1v) is 5.02. The van der Waals surface area contributed by atoms with Crippen LogP contribution >= 0.6 is 0 Å². The van der Waals surface area contributed by atoms with Crippen LogP contribution in [0, 0.1) is 6.92 Å². The molecule has 0 aliphatic rings. The van der Waals surface area contributed by atoms with Crippen molar-refractivity contribution < 1.29 is 9.90 Å². The minimum Gasteiger partial charge on any atom is -0.506 e. The van der Waals surface area contributed by atoms with Gasteiger partial charge in [0.25, 0.3) is 5.91 Å². The zero-order valence-corrected chi connectivity index (χ0v) is 9.51. The van der Waals surface area contributed by atoms with E-state index in [0.717, 1.165) is 5.69 Å². The minimum absolute atomic E-state index is 0.0427. The van der Waals surface area contributed by atoms with Crippen LogP contribution in [0.3, 0.4) is 0 Å². The molecule has 0 aromatic carbocycles. The van der Waals surface area contributed by atoms with Crippen LogP contribution < -0.4 is 5.32 Å². The Labute approximate surface area is 97.9 Å². The Morgan fingerprint density at radius 2 is 2.18 bits per heavy atom. The highest BCUT2D eigenvalue weighted by molar-refractivity contribution is 6.03. The number of aromatic hydroxyl groups is 1. The van der Waals surface area contributed by atoms with Crippen molar-refractivity contribution in [3.8, 4) is 5.75 Å². The highest BCUT2D eigenvalue weighted by Gasteiger charge is 2.10. The summed E-state index contributed by atoms with van der Waals surface area (Å²) in [5.41, 5.74) is 1.11. The molecule has 2 aromatic rings. The molecule has 0 aliphatic heterocycles. The fourth-order valence-electron chi connectivity index (χ4n) is 1.47. The van der Waals surface area contributed by atoms with Crippen molar-refractivity contribution in [1.29, 1.82) is 0 Å². The number of anilines is 1. The quantitative estimate of drug-likeness (QED) is 0.812. The first-order valence-electron chi connectivity index (χ1n) is 5.02. The molecule has 17 heavy (non-hydrogen) atoms. The summed E-state index contributed by atoms with van der Waals surface area (Å²) in [6, 6.07) is 3.11. The first-order chi connectivity index (χ1) is 8.06. The Kier molecular flexibility index (Phi) is 2.78. The van der Waals surface area contributed by atoms with Gasteiger partial charge in [-0.05, 0) is 13.0 Å². The number of nitrogens with zero attached hydrogens (tertiary/aromatic N) is 3. The van der Waals surface area contributed by atoms with E-state index in [1.807, 2.05) is 6.92 Å². The maximum absolute atomic E-state index is 11.8. The molecular weight excluding hydrogens is 220 g/mol. The monoisotopic (exact) mass is 232 g/mol. The van der Waals surface area contributed by atoms with Crippen LogP contribution in [0.25, 0.3) is 0 Å². The largest absolute Gasteiger partial charge is 0.506 e. The molecule has 0 spiro atoms. The third-order valence-electron chi connectivity index (χ3n) is 2.23. The van der Waals surface area contributed by atoms with E-state index in [-0.39, 0.29) is 11.7 Å². The average Bonchev–Trinajstić information content (AvgIpc) is 2.57. The summed E-state index contributed by atoms with van der Waals surface area (Å²) in [7, 11) is 1.74. The van der Waals surface area contributed by atoms with Crippen LogP contribution in [0.15, 0.2) is 24.5 Å². The fraction of sp³-hybridized carbons (Fsp3) is 0.182. The average molecular weight is 232 g/mol. The first kappa shape index (κ1) is 11.1. The molecule has 0 radical (unpaired) electrons. The van der Waals surface area contributed by atoms with Crippen LogP contribution in [0.1, 0.15) is 16.1 Å². The predicted molar refractivity (Wildman–Crippen MR) is 61.8 cm³/mol. The van der Waals surface area contributed by atoms with Crippen molar-refractivity contribution in [3.63, 3.8) is 0 Å². The van der Waals surface area contributed by atoms with Gasteiger partial charge in [0.1, 0.15) is 11.6 Å². The molecule has 2 aromatic heterocycles. The summed E-state index contributed by atoms with van der Waals surface area (Å²) in [6.45, 7) is 1.84. The maximum atomic E-state index is 11.8. The third kappa shape index (κ3) is 2.41. The Morgan fingerprint density at radius 1 is 1.41 bits per heavy atom. The number of carbonyl (C=O) groups excluding carboxylic acids is 1. The second-order valence-corrected chi connectivity index (χ2v) is 3.68. The van der Waals surface area contributed by atoms with Gasteiger partial charge in [-0.1, -0.05) is 0 Å². The lowest BCUT2D eigenvalue weighted by Crippen LogP contribution is -2.14. The summed E-state index contributed by atoms with van der Waals surface area (Å²) in [5, 5.41) is 16.0.